The molecular formula is C20H21N3O4S. The van der Waals surface area contributed by atoms with E-state index in [1.54, 1.807) is 13.8 Å². The number of aryl methyl sites for hydroxylation is 1. The summed E-state index contributed by atoms with van der Waals surface area (Å²) in [6, 6.07) is 15.0. The summed E-state index contributed by atoms with van der Waals surface area (Å²) in [5, 5.41) is 0. The Hall–Kier alpha value is -3.26. The van der Waals surface area contributed by atoms with Crippen molar-refractivity contribution >= 4 is 27.4 Å². The van der Waals surface area contributed by atoms with Gasteiger partial charge in [-0.2, -0.15) is 0 Å². The zero-order valence-corrected chi connectivity index (χ0v) is 16.3. The summed E-state index contributed by atoms with van der Waals surface area (Å²) in [7, 11) is -3.95. The van der Waals surface area contributed by atoms with E-state index in [1.165, 1.54) is 24.3 Å². The molecule has 146 valence electrons. The second-order valence-electron chi connectivity index (χ2n) is 6.14. The van der Waals surface area contributed by atoms with Crippen LogP contribution in [0.2, 0.25) is 0 Å². The van der Waals surface area contributed by atoms with Gasteiger partial charge in [-0.25, -0.2) is 13.2 Å². The number of hydrogen-bond acceptors (Lipinski definition) is 5. The van der Waals surface area contributed by atoms with Gasteiger partial charge in [0.2, 0.25) is 0 Å². The highest BCUT2D eigenvalue weighted by Crippen LogP contribution is 2.35. The van der Waals surface area contributed by atoms with Gasteiger partial charge in [0.15, 0.2) is 0 Å². The molecular weight excluding hydrogens is 378 g/mol. The number of nitrogens with two attached hydrogens (primary N) is 1. The molecule has 0 saturated heterocycles. The van der Waals surface area contributed by atoms with Gasteiger partial charge in [-0.05, 0) is 38.1 Å². The molecule has 0 radical (unpaired) electrons. The van der Waals surface area contributed by atoms with Gasteiger partial charge < -0.3 is 15.5 Å². The van der Waals surface area contributed by atoms with Crippen LogP contribution in [0.3, 0.4) is 0 Å². The average molecular weight is 399 g/mol. The van der Waals surface area contributed by atoms with E-state index in [9.17, 15) is 13.2 Å². The van der Waals surface area contributed by atoms with Crippen molar-refractivity contribution in [1.29, 1.82) is 0 Å². The Kier molecular flexibility index (Phi) is 5.41. The number of nitrogen functional groups attached to an aromatic ring is 1. The Bertz CT molecular complexity index is 1090. The Morgan fingerprint density at radius 3 is 2.36 bits per heavy atom. The van der Waals surface area contributed by atoms with Crippen molar-refractivity contribution < 1.29 is 17.9 Å². The van der Waals surface area contributed by atoms with Crippen LogP contribution in [0.15, 0.2) is 59.5 Å². The molecule has 0 aliphatic carbocycles. The van der Waals surface area contributed by atoms with Crippen molar-refractivity contribution in [3.63, 3.8) is 0 Å². The van der Waals surface area contributed by atoms with Gasteiger partial charge in [0.25, 0.3) is 10.0 Å². The number of aromatic amines is 1. The molecule has 28 heavy (non-hydrogen) atoms. The number of anilines is 2. The maximum absolute atomic E-state index is 12.9. The van der Waals surface area contributed by atoms with E-state index in [-0.39, 0.29) is 22.8 Å². The quantitative estimate of drug-likeness (QED) is 0.433. The van der Waals surface area contributed by atoms with Crippen LogP contribution in [0.5, 0.6) is 0 Å². The minimum Gasteiger partial charge on any atom is -0.462 e. The minimum atomic E-state index is -3.95. The molecule has 0 spiro atoms. The summed E-state index contributed by atoms with van der Waals surface area (Å²) >= 11 is 0. The molecule has 3 rings (SSSR count). The first-order valence-electron chi connectivity index (χ1n) is 8.67. The molecule has 0 unspecified atom stereocenters. The highest BCUT2D eigenvalue weighted by Gasteiger charge is 2.27. The third-order valence-electron chi connectivity index (χ3n) is 4.16. The fraction of sp³-hybridized carbons (Fsp3) is 0.150. The number of sulfonamides is 1. The van der Waals surface area contributed by atoms with Gasteiger partial charge in [-0.15, -0.1) is 0 Å². The van der Waals surface area contributed by atoms with Crippen molar-refractivity contribution in [2.45, 2.75) is 18.7 Å². The van der Waals surface area contributed by atoms with Crippen LogP contribution in [-0.4, -0.2) is 26.0 Å². The largest absolute Gasteiger partial charge is 0.462 e. The van der Waals surface area contributed by atoms with Crippen molar-refractivity contribution in [1.82, 2.24) is 4.98 Å². The summed E-state index contributed by atoms with van der Waals surface area (Å²) in [6.07, 6.45) is 0. The maximum Gasteiger partial charge on any atom is 0.342 e. The normalized spacial score (nSPS) is 11.2. The first kappa shape index (κ1) is 19.5. The fourth-order valence-corrected chi connectivity index (χ4v) is 3.93. The summed E-state index contributed by atoms with van der Waals surface area (Å²) < 4.78 is 33.5. The molecule has 0 fully saturated rings. The van der Waals surface area contributed by atoms with Gasteiger partial charge in [0.1, 0.15) is 5.56 Å². The van der Waals surface area contributed by atoms with E-state index in [0.717, 1.165) is 5.56 Å². The number of carbonyl (C=O) groups is 1. The zero-order valence-electron chi connectivity index (χ0n) is 15.5. The second-order valence-corrected chi connectivity index (χ2v) is 7.82. The number of nitrogens with one attached hydrogen (secondary N) is 2. The van der Waals surface area contributed by atoms with E-state index in [0.29, 0.717) is 17.1 Å². The Labute approximate surface area is 163 Å². The molecule has 0 saturated carbocycles. The molecule has 0 aliphatic heterocycles. The van der Waals surface area contributed by atoms with Crippen LogP contribution in [0, 0.1) is 6.92 Å². The third kappa shape index (κ3) is 3.86. The van der Waals surface area contributed by atoms with Crippen LogP contribution >= 0.6 is 0 Å². The molecule has 8 heteroatoms. The number of H-pyrrole nitrogens is 1. The predicted molar refractivity (Wildman–Crippen MR) is 109 cm³/mol. The van der Waals surface area contributed by atoms with E-state index in [2.05, 4.69) is 9.71 Å². The van der Waals surface area contributed by atoms with Crippen LogP contribution in [0.25, 0.3) is 11.3 Å². The van der Waals surface area contributed by atoms with Gasteiger partial charge in [0.05, 0.1) is 22.9 Å². The molecule has 0 aliphatic rings. The van der Waals surface area contributed by atoms with Crippen molar-refractivity contribution in [2.24, 2.45) is 0 Å². The molecule has 0 bridgehead atoms. The van der Waals surface area contributed by atoms with Crippen LogP contribution in [0.4, 0.5) is 11.4 Å². The van der Waals surface area contributed by atoms with Gasteiger partial charge in [0, 0.05) is 16.9 Å². The summed E-state index contributed by atoms with van der Waals surface area (Å²) in [6.45, 7) is 3.56. The third-order valence-corrected chi connectivity index (χ3v) is 5.52. The lowest BCUT2D eigenvalue weighted by atomic mass is 10.1. The number of aromatic nitrogens is 1. The topological polar surface area (TPSA) is 114 Å². The van der Waals surface area contributed by atoms with Crippen LogP contribution < -0.4 is 10.5 Å². The van der Waals surface area contributed by atoms with E-state index >= 15 is 0 Å². The lowest BCUT2D eigenvalue weighted by molar-refractivity contribution is 0.0527. The Balaban J connectivity index is 2.14. The van der Waals surface area contributed by atoms with Crippen molar-refractivity contribution in [3.8, 4) is 11.3 Å². The molecule has 7 nitrogen and oxygen atoms in total. The van der Waals surface area contributed by atoms with Crippen molar-refractivity contribution in [2.75, 3.05) is 17.1 Å². The summed E-state index contributed by atoms with van der Waals surface area (Å²) in [4.78, 5) is 15.6. The maximum atomic E-state index is 12.9. The monoisotopic (exact) mass is 399 g/mol. The number of esters is 1. The molecule has 1 aromatic heterocycles. The smallest absolute Gasteiger partial charge is 0.342 e. The lowest BCUT2D eigenvalue weighted by Crippen LogP contribution is -2.16. The average Bonchev–Trinajstić information content (AvgIpc) is 2.98. The number of ether oxygens (including phenoxy) is 1. The van der Waals surface area contributed by atoms with Gasteiger partial charge in [-0.3, -0.25) is 4.72 Å². The first-order chi connectivity index (χ1) is 13.3. The molecule has 0 atom stereocenters. The summed E-state index contributed by atoms with van der Waals surface area (Å²) in [5.41, 5.74) is 8.12. The number of rotatable bonds is 6. The fourth-order valence-electron chi connectivity index (χ4n) is 2.85. The second kappa shape index (κ2) is 7.77. The standard InChI is InChI=1S/C20H21N3O4S/c1-3-27-20(24)17-13(2)22-18(14-7-5-4-6-8-14)19(17)23-28(25,26)16-11-9-15(21)10-12-16/h4-12,22-23H,3,21H2,1-2H3. The first-order valence-corrected chi connectivity index (χ1v) is 10.1. The van der Waals surface area contributed by atoms with E-state index in [4.69, 9.17) is 10.5 Å². The SMILES string of the molecule is CCOC(=O)c1c(C)[nH]c(-c2ccccc2)c1NS(=O)(=O)c1ccc(N)cc1. The highest BCUT2D eigenvalue weighted by atomic mass is 32.2. The Morgan fingerprint density at radius 1 is 1.11 bits per heavy atom. The van der Waals surface area contributed by atoms with Crippen molar-refractivity contribution in [3.05, 3.63) is 65.9 Å². The molecule has 4 N–H and O–H groups in total. The van der Waals surface area contributed by atoms with Crippen LogP contribution in [-0.2, 0) is 14.8 Å². The lowest BCUT2D eigenvalue weighted by Gasteiger charge is -2.12. The van der Waals surface area contributed by atoms with Crippen LogP contribution in [0.1, 0.15) is 23.0 Å². The summed E-state index contributed by atoms with van der Waals surface area (Å²) in [5.74, 6) is -0.603. The van der Waals surface area contributed by atoms with E-state index in [1.807, 2.05) is 30.3 Å². The Morgan fingerprint density at radius 2 is 1.75 bits per heavy atom. The number of carbonyl (C=O) groups excluding carboxylic acids is 1. The minimum absolute atomic E-state index is 0.0365. The molecule has 0 amide bonds. The molecule has 1 heterocycles. The number of hydrogen-bond donors (Lipinski definition) is 3. The molecule has 3 aromatic rings. The predicted octanol–water partition coefficient (Wildman–Crippen LogP) is 3.55. The molecule has 2 aromatic carbocycles. The zero-order chi connectivity index (χ0) is 20.3. The van der Waals surface area contributed by atoms with E-state index < -0.39 is 16.0 Å². The van der Waals surface area contributed by atoms with Gasteiger partial charge >= 0.3 is 5.97 Å². The van der Waals surface area contributed by atoms with Gasteiger partial charge in [-0.1, -0.05) is 30.3 Å². The highest BCUT2D eigenvalue weighted by molar-refractivity contribution is 7.92. The number of benzene rings is 2.